The number of nitrogens with zero attached hydrogens (tertiary/aromatic N) is 8. The first kappa shape index (κ1) is 48.3. The zero-order valence-electron chi connectivity index (χ0n) is 41.3. The van der Waals surface area contributed by atoms with Crippen LogP contribution in [0.4, 0.5) is 5.95 Å². The summed E-state index contributed by atoms with van der Waals surface area (Å²) in [4.78, 5) is 67.0. The largest absolute Gasteiger partial charge is 0.507 e. The van der Waals surface area contributed by atoms with Gasteiger partial charge < -0.3 is 40.5 Å². The fraction of sp³-hybridized carbons (Fsp3) is 0.481. The summed E-state index contributed by atoms with van der Waals surface area (Å²) in [5.74, 6) is 0.265. The lowest BCUT2D eigenvalue weighted by Gasteiger charge is -2.41. The van der Waals surface area contributed by atoms with Crippen LogP contribution in [0.5, 0.6) is 5.75 Å². The number of nitrogens with one attached hydrogen (secondary N) is 3. The second-order valence-electron chi connectivity index (χ2n) is 21.2. The van der Waals surface area contributed by atoms with Crippen molar-refractivity contribution >= 4 is 46.0 Å². The molecule has 7 heterocycles. The van der Waals surface area contributed by atoms with E-state index in [0.717, 1.165) is 114 Å². The number of anilines is 1. The molecule has 3 fully saturated rings. The van der Waals surface area contributed by atoms with E-state index in [9.17, 15) is 24.6 Å². The molecule has 1 aliphatic carbocycles. The van der Waals surface area contributed by atoms with Gasteiger partial charge in [0.05, 0.1) is 33.9 Å². The Morgan fingerprint density at radius 1 is 0.915 bits per heavy atom. The number of hydrogen-bond donors (Lipinski definition) is 5. The molecule has 10 rings (SSSR count). The Kier molecular flexibility index (Phi) is 13.7. The van der Waals surface area contributed by atoms with Crippen LogP contribution >= 0.6 is 11.3 Å². The van der Waals surface area contributed by atoms with E-state index in [4.69, 9.17) is 9.97 Å². The Bertz CT molecular complexity index is 2880. The summed E-state index contributed by atoms with van der Waals surface area (Å²) in [7, 11) is 0. The van der Waals surface area contributed by atoms with Crippen LogP contribution < -0.4 is 15.5 Å². The zero-order chi connectivity index (χ0) is 49.6. The third kappa shape index (κ3) is 10.0. The number of phenols is 1. The number of rotatable bonds is 11. The van der Waals surface area contributed by atoms with E-state index in [1.54, 1.807) is 23.5 Å². The Hall–Kier alpha value is -6.30. The number of benzene rings is 2. The van der Waals surface area contributed by atoms with Gasteiger partial charge in [0.15, 0.2) is 5.65 Å². The number of thiazole rings is 1. The third-order valence-electron chi connectivity index (χ3n) is 15.5. The van der Waals surface area contributed by atoms with E-state index in [1.165, 1.54) is 4.90 Å². The van der Waals surface area contributed by atoms with Crippen molar-refractivity contribution in [2.24, 2.45) is 11.3 Å². The SMILES string of the molecule is Cc1ncsc1-c1ccc(CNC(=O)[C@@H]2C[C@@H](O)CN2C(=O)[C@@H](NC(=O)C2CCC(N3CCC(c4cnc(N5CCc6[nH]c7nnc(-c8ccccc8O)cc7c6[C@H]5C)nc4)CC3)CC2)C(C)(C)C)cc1. The normalized spacial score (nSPS) is 22.6. The molecule has 2 aromatic carbocycles. The molecule has 4 atom stereocenters. The fourth-order valence-corrected chi connectivity index (χ4v) is 12.3. The van der Waals surface area contributed by atoms with Crippen LogP contribution in [-0.4, -0.2) is 118 Å². The molecule has 71 heavy (non-hydrogen) atoms. The van der Waals surface area contributed by atoms with Gasteiger partial charge in [0.1, 0.15) is 17.8 Å². The number of fused-ring (bicyclic) bond motifs is 3. The molecule has 4 aromatic heterocycles. The summed E-state index contributed by atoms with van der Waals surface area (Å²) in [5, 5.41) is 37.2. The molecule has 0 radical (unpaired) electrons. The van der Waals surface area contributed by atoms with Crippen LogP contribution in [0.2, 0.25) is 0 Å². The van der Waals surface area contributed by atoms with Gasteiger partial charge in [-0.25, -0.2) is 15.0 Å². The first-order chi connectivity index (χ1) is 34.2. The number of likely N-dealkylation sites (tertiary alicyclic amines) is 2. The Morgan fingerprint density at radius 3 is 2.34 bits per heavy atom. The average molecular weight is 980 g/mol. The fourth-order valence-electron chi connectivity index (χ4n) is 11.4. The number of aromatic hydroxyl groups is 1. The molecule has 1 saturated carbocycles. The van der Waals surface area contributed by atoms with Gasteiger partial charge in [-0.1, -0.05) is 57.2 Å². The highest BCUT2D eigenvalue weighted by Crippen LogP contribution is 2.40. The number of aromatic amines is 1. The first-order valence-electron chi connectivity index (χ1n) is 25.2. The summed E-state index contributed by atoms with van der Waals surface area (Å²) < 4.78 is 0. The van der Waals surface area contributed by atoms with Gasteiger partial charge in [-0.05, 0) is 112 Å². The van der Waals surface area contributed by atoms with Gasteiger partial charge in [0.25, 0.3) is 0 Å². The van der Waals surface area contributed by atoms with Crippen LogP contribution in [0.3, 0.4) is 0 Å². The highest BCUT2D eigenvalue weighted by atomic mass is 32.1. The number of carbonyl (C=O) groups is 3. The molecule has 3 aliphatic heterocycles. The van der Waals surface area contributed by atoms with E-state index >= 15 is 0 Å². The molecule has 2 saturated heterocycles. The lowest BCUT2D eigenvalue weighted by molar-refractivity contribution is -0.144. The third-order valence-corrected chi connectivity index (χ3v) is 16.5. The highest BCUT2D eigenvalue weighted by molar-refractivity contribution is 7.13. The van der Waals surface area contributed by atoms with Gasteiger partial charge in [0.2, 0.25) is 23.7 Å². The number of aliphatic hydroxyl groups is 1. The summed E-state index contributed by atoms with van der Waals surface area (Å²) in [6, 6.07) is 15.9. The smallest absolute Gasteiger partial charge is 0.246 e. The summed E-state index contributed by atoms with van der Waals surface area (Å²) in [5.41, 5.74) is 9.64. The Balaban J connectivity index is 0.700. The highest BCUT2D eigenvalue weighted by Gasteiger charge is 2.45. The van der Waals surface area contributed by atoms with Crippen LogP contribution in [0, 0.1) is 18.3 Å². The maximum atomic E-state index is 14.3. The number of H-pyrrole nitrogens is 1. The van der Waals surface area contributed by atoms with Crippen molar-refractivity contribution in [1.29, 1.82) is 0 Å². The van der Waals surface area contributed by atoms with Crippen molar-refractivity contribution in [3.05, 3.63) is 101 Å². The molecule has 5 N–H and O–H groups in total. The average Bonchev–Trinajstić information content (AvgIpc) is 4.11. The van der Waals surface area contributed by atoms with Gasteiger partial charge >= 0.3 is 0 Å². The topological polar surface area (TPSA) is 206 Å². The van der Waals surface area contributed by atoms with Crippen LogP contribution in [0.25, 0.3) is 32.7 Å². The number of aliphatic hydroxyl groups excluding tert-OH is 1. The second-order valence-corrected chi connectivity index (χ2v) is 22.0. The predicted molar refractivity (Wildman–Crippen MR) is 273 cm³/mol. The maximum Gasteiger partial charge on any atom is 0.246 e. The minimum Gasteiger partial charge on any atom is -0.507 e. The number of β-amino-alcohol motifs (C(OH)–C–C–N with tert-alkyl or cyclic N) is 1. The first-order valence-corrected chi connectivity index (χ1v) is 26.1. The molecule has 3 amide bonds. The molecule has 4 aliphatic rings. The maximum absolute atomic E-state index is 14.3. The number of carbonyl (C=O) groups excluding carboxylic acids is 3. The quantitative estimate of drug-likeness (QED) is 0.0873. The zero-order valence-corrected chi connectivity index (χ0v) is 42.1. The minimum absolute atomic E-state index is 0.00451. The van der Waals surface area contributed by atoms with Crippen molar-refractivity contribution < 1.29 is 24.6 Å². The lowest BCUT2D eigenvalue weighted by atomic mass is 9.81. The van der Waals surface area contributed by atoms with E-state index in [-0.39, 0.29) is 54.9 Å². The van der Waals surface area contributed by atoms with Crippen molar-refractivity contribution in [3.8, 4) is 27.4 Å². The van der Waals surface area contributed by atoms with Gasteiger partial charge in [-0.3, -0.25) is 14.4 Å². The number of piperidine rings is 1. The summed E-state index contributed by atoms with van der Waals surface area (Å²) in [6.45, 7) is 13.0. The number of hydrogen-bond acceptors (Lipinski definition) is 13. The molecule has 17 heteroatoms. The van der Waals surface area contributed by atoms with Gasteiger partial charge in [-0.15, -0.1) is 21.5 Å². The van der Waals surface area contributed by atoms with Crippen LogP contribution in [-0.2, 0) is 27.3 Å². The van der Waals surface area contributed by atoms with Crippen molar-refractivity contribution in [3.63, 3.8) is 0 Å². The molecular weight excluding hydrogens is 915 g/mol. The number of phenolic OH excluding ortho intramolecular Hbond substituents is 1. The molecular formula is C54H65N11O5S. The molecule has 6 aromatic rings. The van der Waals surface area contributed by atoms with Crippen LogP contribution in [0.1, 0.15) is 113 Å². The van der Waals surface area contributed by atoms with Crippen molar-refractivity contribution in [1.82, 2.24) is 50.6 Å². The van der Waals surface area contributed by atoms with E-state index < -0.39 is 23.6 Å². The lowest BCUT2D eigenvalue weighted by Crippen LogP contribution is -2.58. The Morgan fingerprint density at radius 2 is 1.65 bits per heavy atom. The Labute approximate surface area is 418 Å². The monoisotopic (exact) mass is 979 g/mol. The van der Waals surface area contributed by atoms with E-state index in [2.05, 4.69) is 47.5 Å². The number of aromatic nitrogens is 6. The molecule has 16 nitrogen and oxygen atoms in total. The van der Waals surface area contributed by atoms with Crippen molar-refractivity contribution in [2.75, 3.05) is 31.1 Å². The van der Waals surface area contributed by atoms with E-state index in [1.807, 2.05) is 88.1 Å². The van der Waals surface area contributed by atoms with Crippen LogP contribution in [0.15, 0.2) is 72.5 Å². The summed E-state index contributed by atoms with van der Waals surface area (Å²) >= 11 is 1.59. The van der Waals surface area contributed by atoms with Gasteiger partial charge in [-0.2, -0.15) is 0 Å². The predicted octanol–water partition coefficient (Wildman–Crippen LogP) is 7.22. The molecule has 0 bridgehead atoms. The standard InChI is InChI=1S/C54H65N11O5S/c1-31-47(71-30-58-31)35-12-10-33(11-13-35)26-55-51(69)44-24-39(66)29-65(44)52(70)48(54(3,4)5)60-50(68)36-14-16-38(17-15-36)63-21-18-34(19-22-63)37-27-56-53(57-28-37)64-23-20-42-46(32(64)2)41-25-43(61-62-49(41)59-42)40-8-6-7-9-45(40)67/h6-13,25,27-28,30,32,34,36,38-39,44,48,66-67H,14-24,26,29H2,1-5H3,(H,55,69)(H,59,62)(H,60,68)/t32-,36?,38?,39-,44+,48-/m1/s1. The van der Waals surface area contributed by atoms with Crippen molar-refractivity contribution in [2.45, 2.75) is 129 Å². The number of para-hydroxylation sites is 1. The van der Waals surface area contributed by atoms with E-state index in [0.29, 0.717) is 29.2 Å². The number of aryl methyl sites for hydroxylation is 1. The minimum atomic E-state index is -0.857. The summed E-state index contributed by atoms with van der Waals surface area (Å²) in [6.07, 6.45) is 9.48. The number of amides is 3. The molecule has 0 spiro atoms. The molecule has 0 unspecified atom stereocenters. The second kappa shape index (κ2) is 20.1. The van der Waals surface area contributed by atoms with Gasteiger partial charge in [0, 0.05) is 79.0 Å². The molecule has 372 valence electrons.